The molecule has 1 amide bonds. The van der Waals surface area contributed by atoms with E-state index in [1.165, 1.54) is 36.4 Å². The van der Waals surface area contributed by atoms with Gasteiger partial charge in [-0.25, -0.2) is 4.79 Å². The summed E-state index contributed by atoms with van der Waals surface area (Å²) in [5.74, 6) is -0.559. The van der Waals surface area contributed by atoms with Crippen LogP contribution in [-0.4, -0.2) is 47.5 Å². The van der Waals surface area contributed by atoms with E-state index in [1.54, 1.807) is 17.0 Å². The van der Waals surface area contributed by atoms with E-state index in [1.807, 2.05) is 20.8 Å². The molecule has 1 spiro atoms. The number of likely N-dealkylation sites (tertiary alicyclic amines) is 1. The number of amides is 1. The minimum Gasteiger partial charge on any atom is -0.444 e. The van der Waals surface area contributed by atoms with E-state index >= 15 is 0 Å². The molecule has 1 saturated heterocycles. The molecule has 1 aliphatic heterocycles. The molecular weight excluding hydrogens is 612 g/mol. The Bertz CT molecular complexity index is 1160. The number of nitrogens with zero attached hydrogens (tertiary/aromatic N) is 1. The summed E-state index contributed by atoms with van der Waals surface area (Å²) in [7, 11) is 0. The van der Waals surface area contributed by atoms with Crippen LogP contribution in [0.1, 0.15) is 52.0 Å². The second-order valence-electron chi connectivity index (χ2n) is 10.9. The fraction of sp³-hybridized carbons (Fsp3) is 0.519. The highest BCUT2D eigenvalue weighted by atomic mass is 79.9. The minimum absolute atomic E-state index is 0.103. The predicted molar refractivity (Wildman–Crippen MR) is 137 cm³/mol. The summed E-state index contributed by atoms with van der Waals surface area (Å²) in [6.45, 7) is 6.54. The molecule has 1 heterocycles. The van der Waals surface area contributed by atoms with E-state index in [0.29, 0.717) is 36.0 Å². The van der Waals surface area contributed by atoms with Gasteiger partial charge in [-0.05, 0) is 87.8 Å². The number of carbonyl (C=O) groups excluding carboxylic acids is 1. The number of halogens is 7. The standard InChI is InChI=1S/C20H26F3NO4.C7H4BrF3O/c1-17(2,3)28-16(25)24-9-7-18(8-10-24)12-19(26,13-18)14-5-4-6-15(11-14)27-20(21,22)23;8-5-2-1-3-6(4-5)12-7(9,10)11/h4-6,11,26H,7-10,12-13H2,1-3H3;1-4H. The van der Waals surface area contributed by atoms with Crippen LogP contribution >= 0.6 is 15.9 Å². The maximum Gasteiger partial charge on any atom is 0.573 e. The number of carbonyl (C=O) groups is 1. The van der Waals surface area contributed by atoms with E-state index in [9.17, 15) is 36.2 Å². The van der Waals surface area contributed by atoms with E-state index in [2.05, 4.69) is 25.4 Å². The Balaban J connectivity index is 0.000000307. The minimum atomic E-state index is -4.77. The first kappa shape index (κ1) is 31.9. The number of hydrogen-bond acceptors (Lipinski definition) is 5. The summed E-state index contributed by atoms with van der Waals surface area (Å²) in [6.07, 6.45) is -7.36. The Morgan fingerprint density at radius 2 is 1.38 bits per heavy atom. The van der Waals surface area contributed by atoms with E-state index in [4.69, 9.17) is 4.74 Å². The lowest BCUT2D eigenvalue weighted by molar-refractivity contribution is -0.275. The van der Waals surface area contributed by atoms with Crippen molar-refractivity contribution < 1.29 is 50.5 Å². The Kier molecular flexibility index (Phi) is 9.29. The third-order valence-electron chi connectivity index (χ3n) is 6.45. The molecule has 0 atom stereocenters. The molecular formula is C27H30BrF6NO5. The summed E-state index contributed by atoms with van der Waals surface area (Å²) >= 11 is 3.02. The maximum atomic E-state index is 12.4. The van der Waals surface area contributed by atoms with Crippen molar-refractivity contribution in [3.63, 3.8) is 0 Å². The number of alkyl halides is 6. The van der Waals surface area contributed by atoms with Crippen LogP contribution in [0.5, 0.6) is 11.5 Å². The van der Waals surface area contributed by atoms with Gasteiger partial charge in [0.2, 0.25) is 0 Å². The lowest BCUT2D eigenvalue weighted by atomic mass is 9.53. The molecule has 2 aromatic carbocycles. The van der Waals surface area contributed by atoms with Crippen molar-refractivity contribution in [2.45, 2.75) is 70.4 Å². The average molecular weight is 642 g/mol. The molecule has 0 unspecified atom stereocenters. The zero-order valence-electron chi connectivity index (χ0n) is 22.0. The number of rotatable bonds is 3. The highest BCUT2D eigenvalue weighted by Gasteiger charge is 2.55. The van der Waals surface area contributed by atoms with Gasteiger partial charge in [0.25, 0.3) is 0 Å². The van der Waals surface area contributed by atoms with Gasteiger partial charge in [0.05, 0.1) is 5.60 Å². The van der Waals surface area contributed by atoms with Crippen LogP contribution < -0.4 is 9.47 Å². The van der Waals surface area contributed by atoms with Crippen LogP contribution in [0.25, 0.3) is 0 Å². The van der Waals surface area contributed by atoms with Crippen molar-refractivity contribution in [1.29, 1.82) is 0 Å². The van der Waals surface area contributed by atoms with Crippen LogP contribution in [0.15, 0.2) is 53.0 Å². The van der Waals surface area contributed by atoms with Crippen molar-refractivity contribution in [3.05, 3.63) is 58.6 Å². The number of aliphatic hydroxyl groups is 1. The van der Waals surface area contributed by atoms with Crippen LogP contribution in [0.3, 0.4) is 0 Å². The van der Waals surface area contributed by atoms with Crippen LogP contribution in [0, 0.1) is 5.41 Å². The first-order chi connectivity index (χ1) is 18.3. The van der Waals surface area contributed by atoms with Crippen LogP contribution in [0.4, 0.5) is 31.1 Å². The fourth-order valence-corrected chi connectivity index (χ4v) is 5.26. The van der Waals surface area contributed by atoms with Crippen molar-refractivity contribution >= 4 is 22.0 Å². The van der Waals surface area contributed by atoms with Crippen molar-refractivity contribution in [2.75, 3.05) is 13.1 Å². The number of hydrogen-bond donors (Lipinski definition) is 1. The molecule has 6 nitrogen and oxygen atoms in total. The normalized spacial score (nSPS) is 18.2. The van der Waals surface area contributed by atoms with Crippen LogP contribution in [0.2, 0.25) is 0 Å². The lowest BCUT2D eigenvalue weighted by Crippen LogP contribution is -2.55. The van der Waals surface area contributed by atoms with E-state index < -0.39 is 23.9 Å². The summed E-state index contributed by atoms with van der Waals surface area (Å²) in [6, 6.07) is 11.1. The third-order valence-corrected chi connectivity index (χ3v) is 6.94. The maximum absolute atomic E-state index is 12.4. The molecule has 40 heavy (non-hydrogen) atoms. The third kappa shape index (κ3) is 9.46. The molecule has 0 aromatic heterocycles. The highest BCUT2D eigenvalue weighted by Crippen LogP contribution is 2.59. The summed E-state index contributed by atoms with van der Waals surface area (Å²) in [5.41, 5.74) is -1.39. The lowest BCUT2D eigenvalue weighted by Gasteiger charge is -2.56. The van der Waals surface area contributed by atoms with Gasteiger partial charge >= 0.3 is 18.8 Å². The average Bonchev–Trinajstić information content (AvgIpc) is 2.76. The molecule has 2 fully saturated rings. The summed E-state index contributed by atoms with van der Waals surface area (Å²) in [4.78, 5) is 13.9. The molecule has 2 aromatic rings. The van der Waals surface area contributed by atoms with E-state index in [-0.39, 0.29) is 23.0 Å². The molecule has 0 radical (unpaired) electrons. The topological polar surface area (TPSA) is 68.2 Å². The van der Waals surface area contributed by atoms with Gasteiger partial charge in [-0.3, -0.25) is 0 Å². The van der Waals surface area contributed by atoms with Gasteiger partial charge in [0, 0.05) is 17.6 Å². The second-order valence-corrected chi connectivity index (χ2v) is 11.8. The summed E-state index contributed by atoms with van der Waals surface area (Å²) in [5, 5.41) is 10.9. The van der Waals surface area contributed by atoms with Gasteiger partial charge in [-0.1, -0.05) is 34.1 Å². The first-order valence-electron chi connectivity index (χ1n) is 12.3. The molecule has 1 N–H and O–H groups in total. The number of piperidine rings is 1. The molecule has 1 aliphatic carbocycles. The first-order valence-corrected chi connectivity index (χ1v) is 13.1. The zero-order chi connectivity index (χ0) is 30.0. The highest BCUT2D eigenvalue weighted by molar-refractivity contribution is 9.10. The monoisotopic (exact) mass is 641 g/mol. The van der Waals surface area contributed by atoms with Crippen molar-refractivity contribution in [3.8, 4) is 11.5 Å². The number of benzene rings is 2. The largest absolute Gasteiger partial charge is 0.573 e. The molecule has 1 saturated carbocycles. The molecule has 0 bridgehead atoms. The van der Waals surface area contributed by atoms with Crippen LogP contribution in [-0.2, 0) is 10.3 Å². The van der Waals surface area contributed by atoms with Crippen molar-refractivity contribution in [2.24, 2.45) is 5.41 Å². The molecule has 13 heteroatoms. The van der Waals surface area contributed by atoms with Gasteiger partial charge in [-0.15, -0.1) is 26.3 Å². The Hall–Kier alpha value is -2.67. The Morgan fingerprint density at radius 1 is 0.875 bits per heavy atom. The van der Waals surface area contributed by atoms with Gasteiger partial charge < -0.3 is 24.2 Å². The smallest absolute Gasteiger partial charge is 0.444 e. The molecule has 4 rings (SSSR count). The summed E-state index contributed by atoms with van der Waals surface area (Å²) < 4.78 is 85.7. The fourth-order valence-electron chi connectivity index (χ4n) is 4.88. The van der Waals surface area contributed by atoms with Crippen molar-refractivity contribution in [1.82, 2.24) is 4.90 Å². The predicted octanol–water partition coefficient (Wildman–Crippen LogP) is 7.93. The van der Waals surface area contributed by atoms with Gasteiger partial charge in [-0.2, -0.15) is 0 Å². The number of ether oxygens (including phenoxy) is 3. The van der Waals surface area contributed by atoms with Gasteiger partial charge in [0.1, 0.15) is 17.1 Å². The Morgan fingerprint density at radius 3 is 1.85 bits per heavy atom. The molecule has 2 aliphatic rings. The second kappa shape index (κ2) is 11.7. The Labute approximate surface area is 236 Å². The zero-order valence-corrected chi connectivity index (χ0v) is 23.6. The molecule has 222 valence electrons. The van der Waals surface area contributed by atoms with Gasteiger partial charge in [0.15, 0.2) is 0 Å². The van der Waals surface area contributed by atoms with E-state index in [0.717, 1.165) is 12.8 Å². The SMILES string of the molecule is CC(C)(C)OC(=O)N1CCC2(CC1)CC(O)(c1cccc(OC(F)(F)F)c1)C2.FC(F)(F)Oc1cccc(Br)c1. The quantitative estimate of drug-likeness (QED) is 0.345.